The van der Waals surface area contributed by atoms with E-state index in [-0.39, 0.29) is 0 Å². The first-order chi connectivity index (χ1) is 13.6. The molecule has 0 N–H and O–H groups in total. The third-order valence-electron chi connectivity index (χ3n) is 4.77. The largest absolute Gasteiger partial charge is 0.493 e. The van der Waals surface area contributed by atoms with E-state index in [1.165, 1.54) is 0 Å². The fourth-order valence-corrected chi connectivity index (χ4v) is 3.38. The van der Waals surface area contributed by atoms with Crippen molar-refractivity contribution in [1.82, 2.24) is 9.80 Å². The number of morpholine rings is 1. The maximum absolute atomic E-state index is 5.51. The molecular formula is C21H27N3O4. The van der Waals surface area contributed by atoms with Gasteiger partial charge in [-0.3, -0.25) is 0 Å². The minimum atomic E-state index is 0.563. The summed E-state index contributed by atoms with van der Waals surface area (Å²) in [6.07, 6.45) is 5.73. The SMILES string of the molecule is C=C1C(N2CCOCC2)=NC=CN1/C(=C\C)c1cc(OC)c(OC)c(OC)c1. The fraction of sp³-hybridized carbons (Fsp3) is 0.381. The maximum atomic E-state index is 5.51. The number of ether oxygens (including phenoxy) is 4. The molecule has 0 spiro atoms. The van der Waals surface area contributed by atoms with Crippen molar-refractivity contribution in [3.05, 3.63) is 48.4 Å². The van der Waals surface area contributed by atoms with E-state index < -0.39 is 0 Å². The summed E-state index contributed by atoms with van der Waals surface area (Å²) >= 11 is 0. The van der Waals surface area contributed by atoms with Crippen molar-refractivity contribution in [1.29, 1.82) is 0 Å². The summed E-state index contributed by atoms with van der Waals surface area (Å²) in [5, 5.41) is 0. The molecule has 0 aromatic heterocycles. The van der Waals surface area contributed by atoms with Crippen LogP contribution in [-0.4, -0.2) is 63.3 Å². The molecule has 7 heteroatoms. The average molecular weight is 385 g/mol. The lowest BCUT2D eigenvalue weighted by Gasteiger charge is -2.36. The molecule has 1 saturated heterocycles. The van der Waals surface area contributed by atoms with Gasteiger partial charge in [-0.05, 0) is 19.1 Å². The highest BCUT2D eigenvalue weighted by atomic mass is 16.5. The van der Waals surface area contributed by atoms with Crippen LogP contribution in [0.4, 0.5) is 0 Å². The number of nitrogens with zero attached hydrogens (tertiary/aromatic N) is 3. The molecule has 0 amide bonds. The summed E-state index contributed by atoms with van der Waals surface area (Å²) < 4.78 is 21.9. The Morgan fingerprint density at radius 2 is 1.75 bits per heavy atom. The molecule has 28 heavy (non-hydrogen) atoms. The van der Waals surface area contributed by atoms with Gasteiger partial charge in [-0.25, -0.2) is 4.99 Å². The van der Waals surface area contributed by atoms with Gasteiger partial charge in [0.15, 0.2) is 17.3 Å². The number of rotatable bonds is 5. The van der Waals surface area contributed by atoms with Crippen LogP contribution in [0.3, 0.4) is 0 Å². The van der Waals surface area contributed by atoms with Crippen molar-refractivity contribution < 1.29 is 18.9 Å². The van der Waals surface area contributed by atoms with Gasteiger partial charge in [0.2, 0.25) is 5.75 Å². The second-order valence-electron chi connectivity index (χ2n) is 6.25. The molecule has 0 saturated carbocycles. The van der Waals surface area contributed by atoms with Crippen molar-refractivity contribution in [2.75, 3.05) is 47.6 Å². The van der Waals surface area contributed by atoms with Gasteiger partial charge in [0, 0.05) is 36.7 Å². The van der Waals surface area contributed by atoms with Gasteiger partial charge in [-0.15, -0.1) is 0 Å². The topological polar surface area (TPSA) is 55.8 Å². The first kappa shape index (κ1) is 19.8. The molecule has 1 aromatic rings. The zero-order chi connectivity index (χ0) is 20.1. The number of hydrogen-bond donors (Lipinski definition) is 0. The van der Waals surface area contributed by atoms with E-state index >= 15 is 0 Å². The zero-order valence-electron chi connectivity index (χ0n) is 16.9. The Bertz CT molecular complexity index is 798. The smallest absolute Gasteiger partial charge is 0.203 e. The van der Waals surface area contributed by atoms with E-state index in [4.69, 9.17) is 18.9 Å². The molecule has 1 fully saturated rings. The van der Waals surface area contributed by atoms with E-state index in [1.54, 1.807) is 27.5 Å². The Morgan fingerprint density at radius 3 is 2.29 bits per heavy atom. The van der Waals surface area contributed by atoms with Gasteiger partial charge in [-0.1, -0.05) is 12.7 Å². The highest BCUT2D eigenvalue weighted by Crippen LogP contribution is 2.41. The summed E-state index contributed by atoms with van der Waals surface area (Å²) in [6, 6.07) is 3.86. The summed E-state index contributed by atoms with van der Waals surface area (Å²) in [5.41, 5.74) is 2.68. The minimum absolute atomic E-state index is 0.563. The molecule has 3 rings (SSSR count). The second kappa shape index (κ2) is 8.84. The first-order valence-electron chi connectivity index (χ1n) is 9.17. The Balaban J connectivity index is 1.95. The molecular weight excluding hydrogens is 358 g/mol. The molecule has 0 atom stereocenters. The van der Waals surface area contributed by atoms with Crippen molar-refractivity contribution >= 4 is 11.5 Å². The third kappa shape index (κ3) is 3.71. The van der Waals surface area contributed by atoms with Crippen molar-refractivity contribution in [3.8, 4) is 17.2 Å². The van der Waals surface area contributed by atoms with Gasteiger partial charge in [0.05, 0.1) is 40.2 Å². The van der Waals surface area contributed by atoms with Crippen LogP contribution in [0.5, 0.6) is 17.2 Å². The van der Waals surface area contributed by atoms with Crippen LogP contribution < -0.4 is 14.2 Å². The molecule has 2 aliphatic heterocycles. The molecule has 0 unspecified atom stereocenters. The van der Waals surface area contributed by atoms with E-state index in [0.29, 0.717) is 30.5 Å². The summed E-state index contributed by atoms with van der Waals surface area (Å²) in [6.45, 7) is 9.27. The molecule has 2 aliphatic rings. The van der Waals surface area contributed by atoms with Gasteiger partial charge in [0.25, 0.3) is 0 Å². The summed E-state index contributed by atoms with van der Waals surface area (Å²) in [4.78, 5) is 8.78. The first-order valence-corrected chi connectivity index (χ1v) is 9.17. The number of allylic oxidation sites excluding steroid dienone is 1. The lowest BCUT2D eigenvalue weighted by atomic mass is 10.1. The number of amidine groups is 1. The number of methoxy groups -OCH3 is 3. The summed E-state index contributed by atoms with van der Waals surface area (Å²) in [5.74, 6) is 2.63. The molecule has 0 radical (unpaired) electrons. The molecule has 0 aliphatic carbocycles. The average Bonchev–Trinajstić information content (AvgIpc) is 2.75. The Hall–Kier alpha value is -2.93. The van der Waals surface area contributed by atoms with Crippen LogP contribution in [0.15, 0.2) is 47.9 Å². The second-order valence-corrected chi connectivity index (χ2v) is 6.25. The van der Waals surface area contributed by atoms with Crippen LogP contribution in [0.25, 0.3) is 5.70 Å². The normalized spacial score (nSPS) is 17.5. The Morgan fingerprint density at radius 1 is 1.11 bits per heavy atom. The maximum Gasteiger partial charge on any atom is 0.203 e. The number of aliphatic imine (C=N–C) groups is 1. The highest BCUT2D eigenvalue weighted by molar-refractivity contribution is 6.00. The summed E-state index contributed by atoms with van der Waals surface area (Å²) in [7, 11) is 4.82. The Kier molecular flexibility index (Phi) is 6.26. The van der Waals surface area contributed by atoms with Gasteiger partial charge in [0.1, 0.15) is 0 Å². The van der Waals surface area contributed by atoms with Crippen LogP contribution in [0.1, 0.15) is 12.5 Å². The van der Waals surface area contributed by atoms with Crippen molar-refractivity contribution in [3.63, 3.8) is 0 Å². The Labute approximate surface area is 166 Å². The predicted octanol–water partition coefficient (Wildman–Crippen LogP) is 3.10. The highest BCUT2D eigenvalue weighted by Gasteiger charge is 2.26. The third-order valence-corrected chi connectivity index (χ3v) is 4.77. The van der Waals surface area contributed by atoms with Gasteiger partial charge < -0.3 is 28.7 Å². The fourth-order valence-electron chi connectivity index (χ4n) is 3.38. The zero-order valence-corrected chi connectivity index (χ0v) is 16.9. The van der Waals surface area contributed by atoms with E-state index in [9.17, 15) is 0 Å². The molecule has 150 valence electrons. The molecule has 2 heterocycles. The van der Waals surface area contributed by atoms with Crippen LogP contribution in [-0.2, 0) is 4.74 Å². The predicted molar refractivity (Wildman–Crippen MR) is 110 cm³/mol. The quantitative estimate of drug-likeness (QED) is 0.776. The minimum Gasteiger partial charge on any atom is -0.493 e. The molecule has 7 nitrogen and oxygen atoms in total. The lowest BCUT2D eigenvalue weighted by molar-refractivity contribution is 0.0678. The molecule has 1 aromatic carbocycles. The van der Waals surface area contributed by atoms with Crippen LogP contribution in [0, 0.1) is 0 Å². The monoisotopic (exact) mass is 385 g/mol. The standard InChI is InChI=1S/C21H27N3O4/c1-6-17(16-13-18(25-3)20(27-5)19(14-16)26-4)24-8-7-22-21(15(24)2)23-9-11-28-12-10-23/h6-8,13-14H,2,9-12H2,1,3-5H3/b17-6-. The van der Waals surface area contributed by atoms with Crippen LogP contribution in [0.2, 0.25) is 0 Å². The van der Waals surface area contributed by atoms with E-state index in [1.807, 2.05) is 36.2 Å². The number of benzene rings is 1. The van der Waals surface area contributed by atoms with Gasteiger partial charge in [-0.2, -0.15) is 0 Å². The van der Waals surface area contributed by atoms with Gasteiger partial charge >= 0.3 is 0 Å². The van der Waals surface area contributed by atoms with E-state index in [0.717, 1.165) is 35.9 Å². The van der Waals surface area contributed by atoms with Crippen LogP contribution >= 0.6 is 0 Å². The van der Waals surface area contributed by atoms with Crippen molar-refractivity contribution in [2.45, 2.75) is 6.92 Å². The lowest BCUT2D eigenvalue weighted by Crippen LogP contribution is -2.44. The number of hydrogen-bond acceptors (Lipinski definition) is 7. The molecule has 0 bridgehead atoms. The van der Waals surface area contributed by atoms with E-state index in [2.05, 4.69) is 16.5 Å². The van der Waals surface area contributed by atoms with Crippen molar-refractivity contribution in [2.24, 2.45) is 4.99 Å².